The van der Waals surface area contributed by atoms with Crippen LogP contribution in [0.4, 0.5) is 0 Å². The van der Waals surface area contributed by atoms with E-state index in [1.807, 2.05) is 12.1 Å². The van der Waals surface area contributed by atoms with E-state index in [0.717, 1.165) is 5.56 Å². The Morgan fingerprint density at radius 2 is 2.00 bits per heavy atom. The van der Waals surface area contributed by atoms with Crippen LogP contribution in [0.3, 0.4) is 0 Å². The molecule has 0 aliphatic carbocycles. The molecule has 3 heterocycles. The van der Waals surface area contributed by atoms with Crippen molar-refractivity contribution in [1.82, 2.24) is 19.9 Å². The Hall–Kier alpha value is -2.76. The van der Waals surface area contributed by atoms with Crippen LogP contribution in [0.2, 0.25) is 0 Å². The topological polar surface area (TPSA) is 91.8 Å². The molecule has 0 radical (unpaired) electrons. The average Bonchev–Trinajstić information content (AvgIpc) is 2.84. The van der Waals surface area contributed by atoms with E-state index in [2.05, 4.69) is 19.9 Å². The molecule has 0 bridgehead atoms. The molecule has 0 fully saturated rings. The molecule has 0 unspecified atom stereocenters. The van der Waals surface area contributed by atoms with Crippen LogP contribution in [0.5, 0.6) is 0 Å². The molecule has 19 heavy (non-hydrogen) atoms. The number of nitrogens with one attached hydrogen (secondary N) is 1. The SMILES string of the molecule is Cc1nc(-c2ccncc2)nc2[nH]cc(C(=O)O)c12. The van der Waals surface area contributed by atoms with Crippen LogP contribution in [-0.2, 0) is 0 Å². The number of aromatic amines is 1. The molecule has 2 N–H and O–H groups in total. The summed E-state index contributed by atoms with van der Waals surface area (Å²) in [6.45, 7) is 1.77. The summed E-state index contributed by atoms with van der Waals surface area (Å²) in [4.78, 5) is 26.6. The highest BCUT2D eigenvalue weighted by Crippen LogP contribution is 2.23. The zero-order valence-electron chi connectivity index (χ0n) is 10.1. The van der Waals surface area contributed by atoms with Crippen LogP contribution in [0.25, 0.3) is 22.4 Å². The number of aromatic carboxylic acids is 1. The molecule has 6 heteroatoms. The van der Waals surface area contributed by atoms with Gasteiger partial charge in [-0.3, -0.25) is 4.98 Å². The summed E-state index contributed by atoms with van der Waals surface area (Å²) in [5.74, 6) is -0.444. The fourth-order valence-corrected chi connectivity index (χ4v) is 2.01. The lowest BCUT2D eigenvalue weighted by molar-refractivity contribution is 0.0699. The maximum Gasteiger partial charge on any atom is 0.338 e. The van der Waals surface area contributed by atoms with Crippen molar-refractivity contribution in [2.24, 2.45) is 0 Å². The highest BCUT2D eigenvalue weighted by Gasteiger charge is 2.16. The Balaban J connectivity index is 2.25. The van der Waals surface area contributed by atoms with Gasteiger partial charge in [-0.15, -0.1) is 0 Å². The molecule has 0 atom stereocenters. The van der Waals surface area contributed by atoms with Crippen molar-refractivity contribution in [3.05, 3.63) is 42.0 Å². The van der Waals surface area contributed by atoms with Crippen LogP contribution >= 0.6 is 0 Å². The van der Waals surface area contributed by atoms with Crippen molar-refractivity contribution < 1.29 is 9.90 Å². The summed E-state index contributed by atoms with van der Waals surface area (Å²) < 4.78 is 0. The fraction of sp³-hybridized carbons (Fsp3) is 0.0769. The first-order chi connectivity index (χ1) is 9.16. The van der Waals surface area contributed by atoms with Crippen LogP contribution in [0.1, 0.15) is 16.1 Å². The van der Waals surface area contributed by atoms with Gasteiger partial charge in [0.15, 0.2) is 5.82 Å². The minimum atomic E-state index is -0.991. The number of rotatable bonds is 2. The van der Waals surface area contributed by atoms with Crippen LogP contribution in [0, 0.1) is 6.92 Å². The van der Waals surface area contributed by atoms with E-state index in [-0.39, 0.29) is 5.56 Å². The first-order valence-corrected chi connectivity index (χ1v) is 5.66. The lowest BCUT2D eigenvalue weighted by Gasteiger charge is -2.03. The number of pyridine rings is 1. The fourth-order valence-electron chi connectivity index (χ4n) is 2.01. The third kappa shape index (κ3) is 1.83. The number of nitrogens with zero attached hydrogens (tertiary/aromatic N) is 3. The summed E-state index contributed by atoms with van der Waals surface area (Å²) >= 11 is 0. The molecule has 0 aliphatic heterocycles. The highest BCUT2D eigenvalue weighted by atomic mass is 16.4. The van der Waals surface area contributed by atoms with Gasteiger partial charge in [0.2, 0.25) is 0 Å². The molecule has 0 aliphatic rings. The van der Waals surface area contributed by atoms with E-state index in [0.29, 0.717) is 22.6 Å². The molecule has 3 aromatic heterocycles. The summed E-state index contributed by atoms with van der Waals surface area (Å²) in [5.41, 5.74) is 2.19. The van der Waals surface area contributed by atoms with Gasteiger partial charge in [0.1, 0.15) is 5.65 Å². The van der Waals surface area contributed by atoms with Crippen molar-refractivity contribution in [2.75, 3.05) is 0 Å². The molecule has 0 spiro atoms. The Morgan fingerprint density at radius 1 is 1.26 bits per heavy atom. The largest absolute Gasteiger partial charge is 0.478 e. The number of carbonyl (C=O) groups is 1. The molecule has 3 aromatic rings. The second-order valence-corrected chi connectivity index (χ2v) is 4.10. The zero-order valence-corrected chi connectivity index (χ0v) is 10.1. The maximum absolute atomic E-state index is 11.1. The van der Waals surface area contributed by atoms with Gasteiger partial charge >= 0.3 is 5.97 Å². The maximum atomic E-state index is 11.1. The molecule has 0 aromatic carbocycles. The molecule has 0 saturated carbocycles. The van der Waals surface area contributed by atoms with E-state index in [1.165, 1.54) is 6.20 Å². The number of aromatic nitrogens is 4. The van der Waals surface area contributed by atoms with E-state index in [1.54, 1.807) is 19.3 Å². The van der Waals surface area contributed by atoms with Crippen molar-refractivity contribution in [3.63, 3.8) is 0 Å². The van der Waals surface area contributed by atoms with Gasteiger partial charge in [-0.25, -0.2) is 14.8 Å². The van der Waals surface area contributed by atoms with Crippen LogP contribution < -0.4 is 0 Å². The Morgan fingerprint density at radius 3 is 2.68 bits per heavy atom. The van der Waals surface area contributed by atoms with Crippen LogP contribution in [0.15, 0.2) is 30.7 Å². The Bertz CT molecular complexity index is 765. The first kappa shape index (κ1) is 11.3. The average molecular weight is 254 g/mol. The number of hydrogen-bond acceptors (Lipinski definition) is 4. The van der Waals surface area contributed by atoms with Crippen molar-refractivity contribution >= 4 is 17.0 Å². The van der Waals surface area contributed by atoms with E-state index >= 15 is 0 Å². The predicted molar refractivity (Wildman–Crippen MR) is 68.8 cm³/mol. The zero-order chi connectivity index (χ0) is 13.4. The molecule has 0 saturated heterocycles. The number of carboxylic acids is 1. The Labute approximate surface area is 108 Å². The highest BCUT2D eigenvalue weighted by molar-refractivity contribution is 6.03. The summed E-state index contributed by atoms with van der Waals surface area (Å²) in [6.07, 6.45) is 4.76. The van der Waals surface area contributed by atoms with Gasteiger partial charge in [-0.1, -0.05) is 0 Å². The smallest absolute Gasteiger partial charge is 0.338 e. The van der Waals surface area contributed by atoms with E-state index in [4.69, 9.17) is 5.11 Å². The van der Waals surface area contributed by atoms with Gasteiger partial charge in [-0.05, 0) is 19.1 Å². The number of H-pyrrole nitrogens is 1. The molecule has 3 rings (SSSR count). The third-order valence-corrected chi connectivity index (χ3v) is 2.88. The summed E-state index contributed by atoms with van der Waals surface area (Å²) in [7, 11) is 0. The lowest BCUT2D eigenvalue weighted by Crippen LogP contribution is -1.98. The van der Waals surface area contributed by atoms with Crippen molar-refractivity contribution in [3.8, 4) is 11.4 Å². The van der Waals surface area contributed by atoms with Gasteiger partial charge in [0.05, 0.1) is 16.6 Å². The first-order valence-electron chi connectivity index (χ1n) is 5.66. The third-order valence-electron chi connectivity index (χ3n) is 2.88. The molecular formula is C13H10N4O2. The molecule has 94 valence electrons. The number of hydrogen-bond donors (Lipinski definition) is 2. The Kier molecular flexibility index (Phi) is 2.49. The minimum absolute atomic E-state index is 0.189. The van der Waals surface area contributed by atoms with Crippen LogP contribution in [-0.4, -0.2) is 31.0 Å². The van der Waals surface area contributed by atoms with Gasteiger partial charge < -0.3 is 10.1 Å². The normalized spacial score (nSPS) is 10.8. The van der Waals surface area contributed by atoms with Crippen molar-refractivity contribution in [1.29, 1.82) is 0 Å². The summed E-state index contributed by atoms with van der Waals surface area (Å²) in [6, 6.07) is 3.61. The van der Waals surface area contributed by atoms with Crippen molar-refractivity contribution in [2.45, 2.75) is 6.92 Å². The number of fused-ring (bicyclic) bond motifs is 1. The standard InChI is InChI=1S/C13H10N4O2/c1-7-10-9(13(18)19)6-15-12(10)17-11(16-7)8-2-4-14-5-3-8/h2-6H,1H3,(H,18,19)(H,15,16,17). The van der Waals surface area contributed by atoms with E-state index < -0.39 is 5.97 Å². The second kappa shape index (κ2) is 4.16. The number of carboxylic acid groups (broad SMARTS) is 1. The van der Waals surface area contributed by atoms with E-state index in [9.17, 15) is 4.79 Å². The minimum Gasteiger partial charge on any atom is -0.478 e. The molecule has 0 amide bonds. The van der Waals surface area contributed by atoms with Gasteiger partial charge in [-0.2, -0.15) is 0 Å². The van der Waals surface area contributed by atoms with Gasteiger partial charge in [0.25, 0.3) is 0 Å². The second-order valence-electron chi connectivity index (χ2n) is 4.10. The quantitative estimate of drug-likeness (QED) is 0.730. The predicted octanol–water partition coefficient (Wildman–Crippen LogP) is 2.03. The van der Waals surface area contributed by atoms with Gasteiger partial charge in [0, 0.05) is 24.2 Å². The summed E-state index contributed by atoms with van der Waals surface area (Å²) in [5, 5.41) is 9.65. The monoisotopic (exact) mass is 254 g/mol. The molecule has 6 nitrogen and oxygen atoms in total. The number of aryl methyl sites for hydroxylation is 1. The lowest BCUT2D eigenvalue weighted by atomic mass is 10.2. The molecular weight excluding hydrogens is 244 g/mol.